The minimum atomic E-state index is -0.453. The third-order valence-corrected chi connectivity index (χ3v) is 4.71. The molecule has 0 saturated carbocycles. The van der Waals surface area contributed by atoms with Crippen molar-refractivity contribution < 1.29 is 4.79 Å². The van der Waals surface area contributed by atoms with Crippen molar-refractivity contribution in [2.45, 2.75) is 6.04 Å². The monoisotopic (exact) mass is 377 g/mol. The van der Waals surface area contributed by atoms with Crippen molar-refractivity contribution in [2.24, 2.45) is 7.05 Å². The lowest BCUT2D eigenvalue weighted by Crippen LogP contribution is -2.42. The Morgan fingerprint density at radius 3 is 2.96 bits per heavy atom. The van der Waals surface area contributed by atoms with Gasteiger partial charge in [-0.05, 0) is 12.1 Å². The Kier molecular flexibility index (Phi) is 3.90. The van der Waals surface area contributed by atoms with E-state index in [2.05, 4.69) is 26.1 Å². The number of nitrogens with zero attached hydrogens (tertiary/aromatic N) is 6. The van der Waals surface area contributed by atoms with Crippen LogP contribution >= 0.6 is 0 Å². The van der Waals surface area contributed by atoms with Crippen LogP contribution in [0.5, 0.6) is 0 Å². The zero-order valence-electron chi connectivity index (χ0n) is 15.3. The molecule has 0 aliphatic carbocycles. The molecule has 0 bridgehead atoms. The first-order valence-corrected chi connectivity index (χ1v) is 9.08. The lowest BCUT2D eigenvalue weighted by molar-refractivity contribution is -0.121. The number of hydrogen-bond donors (Lipinski definition) is 3. The van der Waals surface area contributed by atoms with Crippen LogP contribution in [-0.4, -0.2) is 60.9 Å². The number of para-hydroxylation sites is 1. The summed E-state index contributed by atoms with van der Waals surface area (Å²) in [5.74, 6) is 0.957. The van der Waals surface area contributed by atoms with E-state index in [4.69, 9.17) is 9.97 Å². The van der Waals surface area contributed by atoms with Crippen molar-refractivity contribution in [2.75, 3.05) is 25.0 Å². The van der Waals surface area contributed by atoms with Crippen LogP contribution in [0, 0.1) is 0 Å². The lowest BCUT2D eigenvalue weighted by atomic mass is 10.2. The van der Waals surface area contributed by atoms with Gasteiger partial charge in [0.2, 0.25) is 11.9 Å². The predicted molar refractivity (Wildman–Crippen MR) is 104 cm³/mol. The van der Waals surface area contributed by atoms with Crippen molar-refractivity contribution in [3.8, 4) is 11.4 Å². The van der Waals surface area contributed by atoms with Crippen LogP contribution in [0.25, 0.3) is 27.9 Å². The molecule has 142 valence electrons. The second-order valence-corrected chi connectivity index (χ2v) is 6.72. The summed E-state index contributed by atoms with van der Waals surface area (Å²) < 4.78 is 3.36. The molecule has 1 fully saturated rings. The van der Waals surface area contributed by atoms with E-state index in [1.54, 1.807) is 15.4 Å². The van der Waals surface area contributed by atoms with Gasteiger partial charge in [-0.3, -0.25) is 9.48 Å². The highest BCUT2D eigenvalue weighted by atomic mass is 16.2. The van der Waals surface area contributed by atoms with Gasteiger partial charge in [-0.25, -0.2) is 9.97 Å². The second kappa shape index (κ2) is 6.57. The largest absolute Gasteiger partial charge is 0.353 e. The number of benzene rings is 1. The standard InChI is InChI=1S/C18H19N9O/c1-26-10-11(8-21-26)15-24-16-12-4-2-3-5-13(12)22-18(27(16)25-15)23-14-9-19-6-7-20-17(14)28/h2-5,8,10,14,19H,6-7,9H2,1H3,(H,20,28)(H,22,23)/t14-/m0/s1. The lowest BCUT2D eigenvalue weighted by Gasteiger charge is -2.16. The molecular weight excluding hydrogens is 358 g/mol. The van der Waals surface area contributed by atoms with Crippen LogP contribution in [-0.2, 0) is 11.8 Å². The van der Waals surface area contributed by atoms with Gasteiger partial charge in [-0.2, -0.15) is 9.61 Å². The van der Waals surface area contributed by atoms with Crippen LogP contribution in [0.4, 0.5) is 5.95 Å². The molecule has 0 radical (unpaired) electrons. The second-order valence-electron chi connectivity index (χ2n) is 6.72. The molecule has 1 aromatic carbocycles. The summed E-state index contributed by atoms with van der Waals surface area (Å²) in [6.07, 6.45) is 3.58. The molecule has 4 aromatic rings. The summed E-state index contributed by atoms with van der Waals surface area (Å²) in [4.78, 5) is 21.8. The van der Waals surface area contributed by atoms with Gasteiger partial charge in [-0.1, -0.05) is 12.1 Å². The maximum atomic E-state index is 12.4. The van der Waals surface area contributed by atoms with Crippen molar-refractivity contribution in [3.05, 3.63) is 36.7 Å². The highest BCUT2D eigenvalue weighted by Crippen LogP contribution is 2.24. The number of hydrogen-bond acceptors (Lipinski definition) is 7. The fourth-order valence-electron chi connectivity index (χ4n) is 3.32. The number of carbonyl (C=O) groups excluding carboxylic acids is 1. The molecule has 1 aliphatic heterocycles. The zero-order chi connectivity index (χ0) is 19.1. The van der Waals surface area contributed by atoms with Gasteiger partial charge in [0, 0.05) is 38.3 Å². The quantitative estimate of drug-likeness (QED) is 0.467. The first-order chi connectivity index (χ1) is 13.7. The number of amides is 1. The van der Waals surface area contributed by atoms with Crippen LogP contribution in [0.3, 0.4) is 0 Å². The Labute approximate surface area is 160 Å². The molecule has 1 aliphatic rings. The molecule has 0 unspecified atom stereocenters. The molecule has 28 heavy (non-hydrogen) atoms. The Balaban J connectivity index is 1.66. The van der Waals surface area contributed by atoms with E-state index >= 15 is 0 Å². The van der Waals surface area contributed by atoms with E-state index in [0.29, 0.717) is 30.5 Å². The molecule has 3 aromatic heterocycles. The van der Waals surface area contributed by atoms with Gasteiger partial charge in [0.15, 0.2) is 11.5 Å². The average Bonchev–Trinajstić information content (AvgIpc) is 3.28. The number of carbonyl (C=O) groups is 1. The SMILES string of the molecule is Cn1cc(-c2nc3c4ccccc4nc(N[C@H]4CNCCNC4=O)n3n2)cn1. The molecule has 4 heterocycles. The Hall–Kier alpha value is -3.53. The minimum Gasteiger partial charge on any atom is -0.353 e. The van der Waals surface area contributed by atoms with Gasteiger partial charge in [-0.15, -0.1) is 5.10 Å². The average molecular weight is 377 g/mol. The van der Waals surface area contributed by atoms with Crippen molar-refractivity contribution in [1.29, 1.82) is 0 Å². The van der Waals surface area contributed by atoms with Gasteiger partial charge in [0.25, 0.3) is 0 Å². The fraction of sp³-hybridized carbons (Fsp3) is 0.278. The number of rotatable bonds is 3. The van der Waals surface area contributed by atoms with Crippen molar-refractivity contribution in [1.82, 2.24) is 40.0 Å². The van der Waals surface area contributed by atoms with Crippen molar-refractivity contribution in [3.63, 3.8) is 0 Å². The number of anilines is 1. The third kappa shape index (κ3) is 2.83. The maximum Gasteiger partial charge on any atom is 0.243 e. The number of aromatic nitrogens is 6. The minimum absolute atomic E-state index is 0.0688. The van der Waals surface area contributed by atoms with Crippen molar-refractivity contribution >= 4 is 28.4 Å². The first-order valence-electron chi connectivity index (χ1n) is 9.08. The predicted octanol–water partition coefficient (Wildman–Crippen LogP) is 0.178. The molecule has 1 saturated heterocycles. The molecule has 10 heteroatoms. The van der Waals surface area contributed by atoms with E-state index in [-0.39, 0.29) is 5.91 Å². The van der Waals surface area contributed by atoms with Crippen LogP contribution in [0.2, 0.25) is 0 Å². The number of fused-ring (bicyclic) bond motifs is 3. The summed E-state index contributed by atoms with van der Waals surface area (Å²) in [6, 6.07) is 7.30. The Morgan fingerprint density at radius 1 is 1.21 bits per heavy atom. The third-order valence-electron chi connectivity index (χ3n) is 4.71. The molecule has 3 N–H and O–H groups in total. The highest BCUT2D eigenvalue weighted by molar-refractivity contribution is 5.93. The Morgan fingerprint density at radius 2 is 2.11 bits per heavy atom. The number of nitrogens with one attached hydrogen (secondary N) is 3. The summed E-state index contributed by atoms with van der Waals surface area (Å²) in [5, 5.41) is 19.1. The van der Waals surface area contributed by atoms with Gasteiger partial charge < -0.3 is 16.0 Å². The molecular formula is C18H19N9O. The summed E-state index contributed by atoms with van der Waals surface area (Å²) >= 11 is 0. The molecule has 1 atom stereocenters. The maximum absolute atomic E-state index is 12.4. The summed E-state index contributed by atoms with van der Waals surface area (Å²) in [6.45, 7) is 1.84. The molecule has 5 rings (SSSR count). The molecule has 10 nitrogen and oxygen atoms in total. The van der Waals surface area contributed by atoms with E-state index in [9.17, 15) is 4.79 Å². The molecule has 0 spiro atoms. The smallest absolute Gasteiger partial charge is 0.243 e. The molecule has 1 amide bonds. The van der Waals surface area contributed by atoms with Crippen LogP contribution < -0.4 is 16.0 Å². The van der Waals surface area contributed by atoms with E-state index in [1.165, 1.54) is 0 Å². The van der Waals surface area contributed by atoms with Crippen LogP contribution in [0.15, 0.2) is 36.7 Å². The normalized spacial score (nSPS) is 17.6. The Bertz CT molecular complexity index is 1180. The first kappa shape index (κ1) is 16.6. The highest BCUT2D eigenvalue weighted by Gasteiger charge is 2.23. The summed E-state index contributed by atoms with van der Waals surface area (Å²) in [5.41, 5.74) is 2.27. The van der Waals surface area contributed by atoms with E-state index in [1.807, 2.05) is 37.5 Å². The topological polar surface area (TPSA) is 114 Å². The van der Waals surface area contributed by atoms with Gasteiger partial charge in [0.05, 0.1) is 17.3 Å². The van der Waals surface area contributed by atoms with Crippen LogP contribution in [0.1, 0.15) is 0 Å². The van der Waals surface area contributed by atoms with Gasteiger partial charge in [0.1, 0.15) is 6.04 Å². The zero-order valence-corrected chi connectivity index (χ0v) is 15.3. The van der Waals surface area contributed by atoms with Gasteiger partial charge >= 0.3 is 0 Å². The van der Waals surface area contributed by atoms with E-state index in [0.717, 1.165) is 23.0 Å². The number of aryl methyl sites for hydroxylation is 1. The van der Waals surface area contributed by atoms with E-state index < -0.39 is 6.04 Å². The summed E-state index contributed by atoms with van der Waals surface area (Å²) in [7, 11) is 1.85. The fourth-order valence-corrected chi connectivity index (χ4v) is 3.32.